The minimum Gasteiger partial charge on any atom is -0.481 e. The highest BCUT2D eigenvalue weighted by molar-refractivity contribution is 6.30. The highest BCUT2D eigenvalue weighted by Crippen LogP contribution is 2.22. The number of nitrogens with zero attached hydrogens (tertiary/aromatic N) is 2. The number of aliphatic carboxylic acids is 1. The SMILES string of the molecule is O=C(O)C1CCCN(C(=O)Cc2coc(-c3ccc(Cl)cc3)n2)C1. The van der Waals surface area contributed by atoms with Gasteiger partial charge in [-0.05, 0) is 37.1 Å². The maximum Gasteiger partial charge on any atom is 0.308 e. The summed E-state index contributed by atoms with van der Waals surface area (Å²) in [6, 6.07) is 7.07. The molecular formula is C17H17ClN2O4. The molecule has 1 N–H and O–H groups in total. The van der Waals surface area contributed by atoms with Crippen LogP contribution >= 0.6 is 11.6 Å². The van der Waals surface area contributed by atoms with Gasteiger partial charge in [-0.1, -0.05) is 11.6 Å². The van der Waals surface area contributed by atoms with Crippen LogP contribution < -0.4 is 0 Å². The molecule has 1 atom stereocenters. The van der Waals surface area contributed by atoms with Gasteiger partial charge in [0.15, 0.2) is 0 Å². The first-order chi connectivity index (χ1) is 11.5. The fourth-order valence-corrected chi connectivity index (χ4v) is 2.91. The van der Waals surface area contributed by atoms with E-state index in [2.05, 4.69) is 4.98 Å². The molecule has 1 unspecified atom stereocenters. The molecule has 126 valence electrons. The summed E-state index contributed by atoms with van der Waals surface area (Å²) in [5.74, 6) is -1.03. The molecule has 0 bridgehead atoms. The van der Waals surface area contributed by atoms with Gasteiger partial charge in [0.05, 0.1) is 18.0 Å². The molecule has 0 spiro atoms. The molecule has 1 amide bonds. The molecule has 1 aliphatic rings. The van der Waals surface area contributed by atoms with Gasteiger partial charge in [0.25, 0.3) is 0 Å². The quantitative estimate of drug-likeness (QED) is 0.918. The maximum atomic E-state index is 12.4. The van der Waals surface area contributed by atoms with E-state index in [4.69, 9.17) is 21.1 Å². The molecule has 1 aliphatic heterocycles. The number of piperidine rings is 1. The zero-order chi connectivity index (χ0) is 17.1. The van der Waals surface area contributed by atoms with Crippen LogP contribution in [0.4, 0.5) is 0 Å². The lowest BCUT2D eigenvalue weighted by molar-refractivity contribution is -0.145. The zero-order valence-corrected chi connectivity index (χ0v) is 13.7. The van der Waals surface area contributed by atoms with Crippen molar-refractivity contribution in [3.05, 3.63) is 41.2 Å². The van der Waals surface area contributed by atoms with Gasteiger partial charge >= 0.3 is 5.97 Å². The number of carboxylic acids is 1. The third-order valence-electron chi connectivity index (χ3n) is 4.10. The van der Waals surface area contributed by atoms with Crippen molar-refractivity contribution in [3.63, 3.8) is 0 Å². The van der Waals surface area contributed by atoms with Crippen LogP contribution in [0.1, 0.15) is 18.5 Å². The molecule has 1 fully saturated rings. The molecule has 1 aromatic heterocycles. The van der Waals surface area contributed by atoms with Crippen molar-refractivity contribution in [2.75, 3.05) is 13.1 Å². The number of benzene rings is 1. The summed E-state index contributed by atoms with van der Waals surface area (Å²) >= 11 is 5.85. The van der Waals surface area contributed by atoms with Crippen molar-refractivity contribution < 1.29 is 19.1 Å². The molecule has 0 radical (unpaired) electrons. The summed E-state index contributed by atoms with van der Waals surface area (Å²) in [4.78, 5) is 29.4. The van der Waals surface area contributed by atoms with Crippen LogP contribution in [0.5, 0.6) is 0 Å². The molecule has 1 aromatic carbocycles. The minimum absolute atomic E-state index is 0.101. The van der Waals surface area contributed by atoms with Crippen molar-refractivity contribution in [2.24, 2.45) is 5.92 Å². The number of halogens is 1. The minimum atomic E-state index is -0.848. The number of carbonyl (C=O) groups is 2. The van der Waals surface area contributed by atoms with Crippen LogP contribution in [-0.4, -0.2) is 40.0 Å². The summed E-state index contributed by atoms with van der Waals surface area (Å²) in [6.45, 7) is 0.848. The molecule has 2 heterocycles. The Kier molecular flexibility index (Phi) is 4.85. The number of oxazole rings is 1. The van der Waals surface area contributed by atoms with Crippen LogP contribution in [0.2, 0.25) is 5.02 Å². The summed E-state index contributed by atoms with van der Waals surface area (Å²) < 4.78 is 5.42. The van der Waals surface area contributed by atoms with Crippen molar-refractivity contribution in [2.45, 2.75) is 19.3 Å². The molecule has 2 aromatic rings. The normalized spacial score (nSPS) is 17.7. The topological polar surface area (TPSA) is 83.6 Å². The lowest BCUT2D eigenvalue weighted by atomic mass is 9.98. The summed E-state index contributed by atoms with van der Waals surface area (Å²) in [5, 5.41) is 9.73. The van der Waals surface area contributed by atoms with Gasteiger partial charge in [0, 0.05) is 23.7 Å². The highest BCUT2D eigenvalue weighted by Gasteiger charge is 2.28. The Morgan fingerprint density at radius 2 is 2.08 bits per heavy atom. The van der Waals surface area contributed by atoms with Crippen LogP contribution in [0.15, 0.2) is 34.9 Å². The van der Waals surface area contributed by atoms with E-state index in [9.17, 15) is 9.59 Å². The molecule has 24 heavy (non-hydrogen) atoms. The van der Waals surface area contributed by atoms with E-state index in [0.717, 1.165) is 5.56 Å². The van der Waals surface area contributed by atoms with E-state index in [-0.39, 0.29) is 18.9 Å². The fourth-order valence-electron chi connectivity index (χ4n) is 2.79. The Morgan fingerprint density at radius 1 is 1.33 bits per heavy atom. The van der Waals surface area contributed by atoms with Gasteiger partial charge in [-0.2, -0.15) is 0 Å². The highest BCUT2D eigenvalue weighted by atomic mass is 35.5. The van der Waals surface area contributed by atoms with Gasteiger partial charge in [0.2, 0.25) is 11.8 Å². The van der Waals surface area contributed by atoms with Gasteiger partial charge in [-0.3, -0.25) is 9.59 Å². The summed E-state index contributed by atoms with van der Waals surface area (Å²) in [5.41, 5.74) is 1.31. The third kappa shape index (κ3) is 3.76. The lowest BCUT2D eigenvalue weighted by Gasteiger charge is -2.30. The average molecular weight is 349 g/mol. The van der Waals surface area contributed by atoms with Gasteiger partial charge in [-0.15, -0.1) is 0 Å². The van der Waals surface area contributed by atoms with E-state index >= 15 is 0 Å². The van der Waals surface area contributed by atoms with Gasteiger partial charge in [-0.25, -0.2) is 4.98 Å². The second-order valence-electron chi connectivity index (χ2n) is 5.84. The second-order valence-corrected chi connectivity index (χ2v) is 6.28. The van der Waals surface area contributed by atoms with E-state index in [1.54, 1.807) is 29.2 Å². The second kappa shape index (κ2) is 7.05. The van der Waals surface area contributed by atoms with Crippen LogP contribution in [0, 0.1) is 5.92 Å². The Bertz CT molecular complexity index is 741. The van der Waals surface area contributed by atoms with Crippen molar-refractivity contribution in [3.8, 4) is 11.5 Å². The van der Waals surface area contributed by atoms with Crippen molar-refractivity contribution >= 4 is 23.5 Å². The zero-order valence-electron chi connectivity index (χ0n) is 12.9. The van der Waals surface area contributed by atoms with E-state index in [0.29, 0.717) is 36.0 Å². The number of likely N-dealkylation sites (tertiary alicyclic amines) is 1. The number of hydrogen-bond acceptors (Lipinski definition) is 4. The van der Waals surface area contributed by atoms with Gasteiger partial charge in [0.1, 0.15) is 6.26 Å². The van der Waals surface area contributed by atoms with Crippen LogP contribution in [0.3, 0.4) is 0 Å². The number of aromatic nitrogens is 1. The Morgan fingerprint density at radius 3 is 2.79 bits per heavy atom. The van der Waals surface area contributed by atoms with E-state index < -0.39 is 11.9 Å². The first-order valence-corrected chi connectivity index (χ1v) is 8.11. The molecule has 0 aliphatic carbocycles. The average Bonchev–Trinajstić information content (AvgIpc) is 3.04. The Hall–Kier alpha value is -2.34. The number of carboxylic acid groups (broad SMARTS) is 1. The molecule has 1 saturated heterocycles. The smallest absolute Gasteiger partial charge is 0.308 e. The van der Waals surface area contributed by atoms with Gasteiger partial charge < -0.3 is 14.4 Å². The lowest BCUT2D eigenvalue weighted by Crippen LogP contribution is -2.43. The third-order valence-corrected chi connectivity index (χ3v) is 4.35. The predicted octanol–water partition coefficient (Wildman–Crippen LogP) is 2.86. The monoisotopic (exact) mass is 348 g/mol. The van der Waals surface area contributed by atoms with Crippen molar-refractivity contribution in [1.82, 2.24) is 9.88 Å². The summed E-state index contributed by atoms with van der Waals surface area (Å²) in [7, 11) is 0. The largest absolute Gasteiger partial charge is 0.481 e. The first-order valence-electron chi connectivity index (χ1n) is 7.74. The molecule has 3 rings (SSSR count). The standard InChI is InChI=1S/C17H17ClN2O4/c18-13-5-3-11(4-6-13)16-19-14(10-24-16)8-15(21)20-7-1-2-12(9-20)17(22)23/h3-6,10,12H,1-2,7-9H2,(H,22,23). The van der Waals surface area contributed by atoms with E-state index in [1.807, 2.05) is 0 Å². The molecule has 7 heteroatoms. The molecular weight excluding hydrogens is 332 g/mol. The van der Waals surface area contributed by atoms with Crippen molar-refractivity contribution in [1.29, 1.82) is 0 Å². The van der Waals surface area contributed by atoms with Crippen LogP contribution in [0.25, 0.3) is 11.5 Å². The summed E-state index contributed by atoms with van der Waals surface area (Å²) in [6.07, 6.45) is 2.88. The number of amides is 1. The fraction of sp³-hybridized carbons (Fsp3) is 0.353. The number of hydrogen-bond donors (Lipinski definition) is 1. The molecule has 0 saturated carbocycles. The Balaban J connectivity index is 1.65. The van der Waals surface area contributed by atoms with Crippen LogP contribution in [-0.2, 0) is 16.0 Å². The predicted molar refractivity (Wildman–Crippen MR) is 87.6 cm³/mol. The first kappa shape index (κ1) is 16.5. The molecule has 6 nitrogen and oxygen atoms in total. The number of carbonyl (C=O) groups excluding carboxylic acids is 1. The Labute approximate surface area is 144 Å². The van der Waals surface area contributed by atoms with E-state index in [1.165, 1.54) is 6.26 Å². The number of rotatable bonds is 4. The maximum absolute atomic E-state index is 12.4.